The van der Waals surface area contributed by atoms with Gasteiger partial charge in [0.15, 0.2) is 0 Å². The quantitative estimate of drug-likeness (QED) is 0.622. The van der Waals surface area contributed by atoms with E-state index in [-0.39, 0.29) is 0 Å². The van der Waals surface area contributed by atoms with E-state index in [4.69, 9.17) is 0 Å². The Morgan fingerprint density at radius 3 is 2.82 bits per heavy atom. The number of hydrogen-bond acceptors (Lipinski definition) is 1. The molecule has 0 fully saturated rings. The summed E-state index contributed by atoms with van der Waals surface area (Å²) in [6.07, 6.45) is 18.5. The van der Waals surface area contributed by atoms with Crippen molar-refractivity contribution in [2.24, 2.45) is 0 Å². The predicted molar refractivity (Wildman–Crippen MR) is 79.3 cm³/mol. The molecule has 0 N–H and O–H groups in total. The minimum absolute atomic E-state index is 0.481. The minimum atomic E-state index is 0.481. The molecule has 0 nitrogen and oxygen atoms in total. The third kappa shape index (κ3) is 3.07. The van der Waals surface area contributed by atoms with Gasteiger partial charge in [-0.2, -0.15) is 0 Å². The van der Waals surface area contributed by atoms with Gasteiger partial charge in [0.2, 0.25) is 0 Å². The van der Waals surface area contributed by atoms with Crippen molar-refractivity contribution in [1.82, 2.24) is 0 Å². The molecule has 2 aliphatic rings. The van der Waals surface area contributed by atoms with E-state index in [9.17, 15) is 0 Å². The molecule has 0 spiro atoms. The summed E-state index contributed by atoms with van der Waals surface area (Å²) in [5.74, 6) is 0. The predicted octanol–water partition coefficient (Wildman–Crippen LogP) is 5.62. The van der Waals surface area contributed by atoms with Gasteiger partial charge in [-0.25, -0.2) is 0 Å². The zero-order valence-electron chi connectivity index (χ0n) is 11.2. The van der Waals surface area contributed by atoms with Crippen LogP contribution in [0.4, 0.5) is 0 Å². The largest absolute Gasteiger partial charge is 0.123 e. The lowest BCUT2D eigenvalue weighted by molar-refractivity contribution is 0.506. The van der Waals surface area contributed by atoms with Crippen molar-refractivity contribution in [2.45, 2.75) is 63.5 Å². The highest BCUT2D eigenvalue weighted by Gasteiger charge is 2.30. The lowest BCUT2D eigenvalue weighted by atomic mass is 9.94. The van der Waals surface area contributed by atoms with Crippen LogP contribution in [-0.4, -0.2) is 4.75 Å². The molecule has 2 rings (SSSR count). The van der Waals surface area contributed by atoms with Gasteiger partial charge < -0.3 is 0 Å². The van der Waals surface area contributed by atoms with Crippen molar-refractivity contribution >= 4 is 11.8 Å². The standard InChI is InChI=1S/C16H24S/c1-3-5-12-16(4-2)13-8-10-14-9-6-7-11-15(14)17-16/h6,8-10H,3-5,7,11-13H2,1-2H3/t16-/m0/s1. The molecule has 0 bridgehead atoms. The maximum atomic E-state index is 2.41. The average Bonchev–Trinajstić information content (AvgIpc) is 2.56. The Labute approximate surface area is 110 Å². The van der Waals surface area contributed by atoms with E-state index in [2.05, 4.69) is 49.9 Å². The maximum Gasteiger partial charge on any atom is 0.0236 e. The molecule has 0 unspecified atom stereocenters. The molecule has 1 atom stereocenters. The first kappa shape index (κ1) is 13.0. The molecule has 17 heavy (non-hydrogen) atoms. The summed E-state index contributed by atoms with van der Waals surface area (Å²) in [4.78, 5) is 1.64. The zero-order valence-corrected chi connectivity index (χ0v) is 12.0. The number of allylic oxidation sites excluding steroid dienone is 6. The van der Waals surface area contributed by atoms with Crippen LogP contribution in [0.15, 0.2) is 34.8 Å². The van der Waals surface area contributed by atoms with Crippen LogP contribution in [0.5, 0.6) is 0 Å². The molecule has 0 saturated carbocycles. The topological polar surface area (TPSA) is 0 Å². The molecule has 1 aliphatic carbocycles. The molecule has 1 heterocycles. The van der Waals surface area contributed by atoms with Gasteiger partial charge in [0.1, 0.15) is 0 Å². The summed E-state index contributed by atoms with van der Waals surface area (Å²) in [6.45, 7) is 4.66. The molecule has 0 amide bonds. The molecule has 0 radical (unpaired) electrons. The summed E-state index contributed by atoms with van der Waals surface area (Å²) in [5, 5.41) is 0. The minimum Gasteiger partial charge on any atom is -0.123 e. The third-order valence-corrected chi connectivity index (χ3v) is 5.69. The molecular formula is C16H24S. The Morgan fingerprint density at radius 1 is 1.24 bits per heavy atom. The van der Waals surface area contributed by atoms with Crippen LogP contribution in [0.25, 0.3) is 0 Å². The summed E-state index contributed by atoms with van der Waals surface area (Å²) in [7, 11) is 0. The Hall–Kier alpha value is -0.430. The van der Waals surface area contributed by atoms with Crippen molar-refractivity contribution in [1.29, 1.82) is 0 Å². The molecule has 0 saturated heterocycles. The Kier molecular flexibility index (Phi) is 4.55. The van der Waals surface area contributed by atoms with Crippen LogP contribution >= 0.6 is 11.8 Å². The van der Waals surface area contributed by atoms with Gasteiger partial charge in [-0.05, 0) is 42.6 Å². The summed E-state index contributed by atoms with van der Waals surface area (Å²) >= 11 is 2.19. The van der Waals surface area contributed by atoms with Crippen LogP contribution in [0.1, 0.15) is 58.8 Å². The zero-order chi connectivity index (χ0) is 12.1. The van der Waals surface area contributed by atoms with Crippen LogP contribution < -0.4 is 0 Å². The lowest BCUT2D eigenvalue weighted by Crippen LogP contribution is -2.23. The number of hydrogen-bond donors (Lipinski definition) is 0. The fraction of sp³-hybridized carbons (Fsp3) is 0.625. The fourth-order valence-corrected chi connectivity index (χ4v) is 4.24. The van der Waals surface area contributed by atoms with E-state index >= 15 is 0 Å². The van der Waals surface area contributed by atoms with E-state index in [0.717, 1.165) is 0 Å². The first-order valence-corrected chi connectivity index (χ1v) is 7.86. The molecule has 1 aliphatic heterocycles. The number of unbranched alkanes of at least 4 members (excludes halogenated alkanes) is 1. The van der Waals surface area contributed by atoms with Crippen LogP contribution in [-0.2, 0) is 0 Å². The molecular weight excluding hydrogens is 224 g/mol. The summed E-state index contributed by atoms with van der Waals surface area (Å²) < 4.78 is 0.481. The fourth-order valence-electron chi connectivity index (χ4n) is 2.67. The Bertz CT molecular complexity index is 349. The second-order valence-corrected chi connectivity index (χ2v) is 6.73. The molecule has 0 aromatic rings. The second-order valence-electron chi connectivity index (χ2n) is 5.17. The van der Waals surface area contributed by atoms with Crippen molar-refractivity contribution in [2.75, 3.05) is 0 Å². The van der Waals surface area contributed by atoms with Gasteiger partial charge in [-0.3, -0.25) is 0 Å². The third-order valence-electron chi connectivity index (χ3n) is 3.91. The maximum absolute atomic E-state index is 2.41. The summed E-state index contributed by atoms with van der Waals surface area (Å²) in [6, 6.07) is 0. The Morgan fingerprint density at radius 2 is 2.06 bits per heavy atom. The van der Waals surface area contributed by atoms with Crippen molar-refractivity contribution < 1.29 is 0 Å². The lowest BCUT2D eigenvalue weighted by Gasteiger charge is -2.32. The van der Waals surface area contributed by atoms with Crippen LogP contribution in [0, 0.1) is 0 Å². The molecule has 0 aromatic carbocycles. The highest BCUT2D eigenvalue weighted by molar-refractivity contribution is 8.04. The second kappa shape index (κ2) is 5.95. The van der Waals surface area contributed by atoms with Crippen LogP contribution in [0.3, 0.4) is 0 Å². The van der Waals surface area contributed by atoms with E-state index < -0.39 is 0 Å². The van der Waals surface area contributed by atoms with E-state index in [0.29, 0.717) is 4.75 Å². The normalized spacial score (nSPS) is 28.1. The first-order valence-electron chi connectivity index (χ1n) is 7.05. The van der Waals surface area contributed by atoms with Gasteiger partial charge in [-0.15, -0.1) is 11.8 Å². The first-order chi connectivity index (χ1) is 8.29. The van der Waals surface area contributed by atoms with Crippen molar-refractivity contribution in [3.63, 3.8) is 0 Å². The van der Waals surface area contributed by atoms with Crippen molar-refractivity contribution in [3.05, 3.63) is 34.8 Å². The molecule has 0 aromatic heterocycles. The SMILES string of the molecule is CCCC[C@@]1(CC)CC=CC2=C(CCC=C2)S1. The van der Waals surface area contributed by atoms with E-state index in [1.807, 2.05) is 0 Å². The number of thioether (sulfide) groups is 1. The van der Waals surface area contributed by atoms with Gasteiger partial charge in [0, 0.05) is 4.75 Å². The van der Waals surface area contributed by atoms with Crippen molar-refractivity contribution in [3.8, 4) is 0 Å². The Balaban J connectivity index is 2.18. The highest BCUT2D eigenvalue weighted by atomic mass is 32.2. The van der Waals surface area contributed by atoms with E-state index in [1.165, 1.54) is 50.5 Å². The van der Waals surface area contributed by atoms with E-state index in [1.54, 1.807) is 4.91 Å². The molecule has 1 heteroatoms. The van der Waals surface area contributed by atoms with Gasteiger partial charge in [0.25, 0.3) is 0 Å². The van der Waals surface area contributed by atoms with Gasteiger partial charge in [-0.1, -0.05) is 51.0 Å². The number of rotatable bonds is 4. The average molecular weight is 248 g/mol. The highest BCUT2D eigenvalue weighted by Crippen LogP contribution is 2.47. The molecule has 94 valence electrons. The van der Waals surface area contributed by atoms with Crippen LogP contribution in [0.2, 0.25) is 0 Å². The summed E-state index contributed by atoms with van der Waals surface area (Å²) in [5.41, 5.74) is 1.48. The van der Waals surface area contributed by atoms with Gasteiger partial charge in [0.05, 0.1) is 0 Å². The van der Waals surface area contributed by atoms with Gasteiger partial charge >= 0.3 is 0 Å². The monoisotopic (exact) mass is 248 g/mol. The smallest absolute Gasteiger partial charge is 0.0236 e.